The highest BCUT2D eigenvalue weighted by atomic mass is 19.4. The summed E-state index contributed by atoms with van der Waals surface area (Å²) in [7, 11) is 0. The van der Waals surface area contributed by atoms with Gasteiger partial charge in [0.25, 0.3) is 5.91 Å². The summed E-state index contributed by atoms with van der Waals surface area (Å²) in [5, 5.41) is 5.30. The van der Waals surface area contributed by atoms with Gasteiger partial charge in [0.2, 0.25) is 5.91 Å². The van der Waals surface area contributed by atoms with Crippen molar-refractivity contribution in [3.63, 3.8) is 0 Å². The maximum Gasteiger partial charge on any atom is 0.416 e. The molecule has 12 heteroatoms. The molecule has 1 aliphatic carbocycles. The molecular formula is C23H23F6N3O3. The number of pyridine rings is 1. The average Bonchev–Trinajstić information content (AvgIpc) is 2.73. The largest absolute Gasteiger partial charge is 0.416 e. The van der Waals surface area contributed by atoms with Crippen LogP contribution in [0.2, 0.25) is 0 Å². The summed E-state index contributed by atoms with van der Waals surface area (Å²) in [6, 6.07) is 5.67. The molecule has 2 aromatic rings. The highest BCUT2D eigenvalue weighted by molar-refractivity contribution is 5.95. The lowest BCUT2D eigenvalue weighted by molar-refractivity contribution is -0.163. The van der Waals surface area contributed by atoms with E-state index in [-0.39, 0.29) is 60.8 Å². The molecule has 0 aliphatic heterocycles. The second-order valence-corrected chi connectivity index (χ2v) is 8.35. The fraction of sp³-hybridized carbons (Fsp3) is 0.435. The number of nitrogens with zero attached hydrogens (tertiary/aromatic N) is 1. The number of fused-ring (bicyclic) bond motifs is 1. The van der Waals surface area contributed by atoms with Gasteiger partial charge in [-0.3, -0.25) is 9.59 Å². The molecule has 0 atom stereocenters. The maximum atomic E-state index is 12.8. The Balaban J connectivity index is 1.37. The number of hydrogen-bond acceptors (Lipinski definition) is 4. The number of aromatic nitrogens is 1. The average molecular weight is 503 g/mol. The van der Waals surface area contributed by atoms with Crippen LogP contribution in [0.5, 0.6) is 0 Å². The van der Waals surface area contributed by atoms with Gasteiger partial charge in [-0.15, -0.1) is 0 Å². The Kier molecular flexibility index (Phi) is 8.04. The molecule has 35 heavy (non-hydrogen) atoms. The third-order valence-electron chi connectivity index (χ3n) is 5.45. The molecule has 0 radical (unpaired) electrons. The molecule has 0 bridgehead atoms. The van der Waals surface area contributed by atoms with Crippen LogP contribution in [-0.2, 0) is 15.7 Å². The minimum Gasteiger partial charge on any atom is -0.368 e. The first kappa shape index (κ1) is 26.5. The van der Waals surface area contributed by atoms with Crippen LogP contribution >= 0.6 is 0 Å². The number of hydrogen-bond donors (Lipinski definition) is 2. The normalized spacial score (nSPS) is 18.1. The van der Waals surface area contributed by atoms with Crippen molar-refractivity contribution >= 4 is 22.7 Å². The molecule has 1 saturated carbocycles. The Morgan fingerprint density at radius 2 is 1.80 bits per heavy atom. The van der Waals surface area contributed by atoms with Crippen LogP contribution in [0.1, 0.15) is 41.7 Å². The molecular weight excluding hydrogens is 480 g/mol. The van der Waals surface area contributed by atoms with Crippen LogP contribution < -0.4 is 10.6 Å². The van der Waals surface area contributed by atoms with Crippen molar-refractivity contribution in [2.45, 2.75) is 44.1 Å². The first-order chi connectivity index (χ1) is 16.3. The van der Waals surface area contributed by atoms with E-state index in [1.807, 2.05) is 0 Å². The maximum absolute atomic E-state index is 12.8. The van der Waals surface area contributed by atoms with E-state index >= 15 is 0 Å². The van der Waals surface area contributed by atoms with Gasteiger partial charge in [0.15, 0.2) is 0 Å². The lowest BCUT2D eigenvalue weighted by atomic mass is 9.80. The number of carbonyl (C=O) groups excluding carboxylic acids is 2. The van der Waals surface area contributed by atoms with Gasteiger partial charge < -0.3 is 15.4 Å². The molecule has 6 nitrogen and oxygen atoms in total. The number of rotatable bonds is 9. The van der Waals surface area contributed by atoms with Crippen LogP contribution in [0.25, 0.3) is 10.9 Å². The van der Waals surface area contributed by atoms with Crippen molar-refractivity contribution in [3.05, 3.63) is 53.9 Å². The van der Waals surface area contributed by atoms with Crippen LogP contribution in [-0.4, -0.2) is 42.2 Å². The van der Waals surface area contributed by atoms with Gasteiger partial charge in [-0.25, -0.2) is 4.98 Å². The molecule has 2 N–H and O–H groups in total. The zero-order chi connectivity index (χ0) is 25.8. The standard InChI is InChI=1S/C23H23F6N3O3/c1-13(6-7-30-20(33)12-35-17-8-14(9-17)11-22(24,25)26)31-21(34)19-4-2-15-10-16(23(27,28)29)3-5-18(15)32-19/h2-5,10,14,17H,1,6-9,11-12H2,(H,30,33)(H,31,34)/t14-,17+. The van der Waals surface area contributed by atoms with Gasteiger partial charge in [0.05, 0.1) is 17.2 Å². The van der Waals surface area contributed by atoms with E-state index in [4.69, 9.17) is 4.74 Å². The molecule has 3 rings (SSSR count). The Morgan fingerprint density at radius 3 is 2.46 bits per heavy atom. The third-order valence-corrected chi connectivity index (χ3v) is 5.45. The zero-order valence-electron chi connectivity index (χ0n) is 18.4. The van der Waals surface area contributed by atoms with Crippen LogP contribution in [0.15, 0.2) is 42.6 Å². The van der Waals surface area contributed by atoms with E-state index in [1.54, 1.807) is 0 Å². The van der Waals surface area contributed by atoms with Gasteiger partial charge in [-0.05, 0) is 43.0 Å². The SMILES string of the molecule is C=C(CCNC(=O)CO[C@H]1C[C@@H](CC(F)(F)F)C1)NC(=O)c1ccc2cc(C(F)(F)F)ccc2n1. The molecule has 1 aromatic carbocycles. The van der Waals surface area contributed by atoms with Crippen LogP contribution in [0.3, 0.4) is 0 Å². The summed E-state index contributed by atoms with van der Waals surface area (Å²) in [6.07, 6.45) is -9.17. The van der Waals surface area contributed by atoms with E-state index in [1.165, 1.54) is 18.2 Å². The summed E-state index contributed by atoms with van der Waals surface area (Å²) in [5.74, 6) is -1.52. The van der Waals surface area contributed by atoms with E-state index < -0.39 is 42.1 Å². The van der Waals surface area contributed by atoms with Crippen LogP contribution in [0, 0.1) is 5.92 Å². The number of alkyl halides is 6. The van der Waals surface area contributed by atoms with Crippen molar-refractivity contribution < 1.29 is 40.7 Å². The number of carbonyl (C=O) groups is 2. The third kappa shape index (κ3) is 7.94. The van der Waals surface area contributed by atoms with Crippen molar-refractivity contribution in [2.24, 2.45) is 5.92 Å². The first-order valence-electron chi connectivity index (χ1n) is 10.7. The zero-order valence-corrected chi connectivity index (χ0v) is 18.4. The predicted molar refractivity (Wildman–Crippen MR) is 114 cm³/mol. The second-order valence-electron chi connectivity index (χ2n) is 8.35. The molecule has 0 spiro atoms. The number of benzene rings is 1. The monoisotopic (exact) mass is 503 g/mol. The lowest BCUT2D eigenvalue weighted by Crippen LogP contribution is -2.38. The predicted octanol–water partition coefficient (Wildman–Crippen LogP) is 4.75. The number of nitrogens with one attached hydrogen (secondary N) is 2. The van der Waals surface area contributed by atoms with Crippen molar-refractivity contribution in [3.8, 4) is 0 Å². The van der Waals surface area contributed by atoms with E-state index in [0.717, 1.165) is 12.1 Å². The number of ether oxygens (including phenoxy) is 1. The summed E-state index contributed by atoms with van der Waals surface area (Å²) >= 11 is 0. The Bertz CT molecular complexity index is 1090. The summed E-state index contributed by atoms with van der Waals surface area (Å²) in [5.41, 5.74) is -0.331. The van der Waals surface area contributed by atoms with Gasteiger partial charge in [0.1, 0.15) is 12.3 Å². The fourth-order valence-electron chi connectivity index (χ4n) is 3.62. The second kappa shape index (κ2) is 10.6. The van der Waals surface area contributed by atoms with E-state index in [0.29, 0.717) is 0 Å². The quantitative estimate of drug-likeness (QED) is 0.484. The number of amides is 2. The van der Waals surface area contributed by atoms with Gasteiger partial charge in [0, 0.05) is 30.5 Å². The van der Waals surface area contributed by atoms with Crippen molar-refractivity contribution in [1.82, 2.24) is 15.6 Å². The van der Waals surface area contributed by atoms with Crippen molar-refractivity contribution in [1.29, 1.82) is 0 Å². The lowest BCUT2D eigenvalue weighted by Gasteiger charge is -2.35. The molecule has 1 heterocycles. The fourth-order valence-corrected chi connectivity index (χ4v) is 3.62. The Hall–Kier alpha value is -3.15. The Morgan fingerprint density at radius 1 is 1.09 bits per heavy atom. The topological polar surface area (TPSA) is 80.3 Å². The molecule has 0 saturated heterocycles. The minimum atomic E-state index is -4.49. The highest BCUT2D eigenvalue weighted by Gasteiger charge is 2.39. The van der Waals surface area contributed by atoms with E-state index in [9.17, 15) is 35.9 Å². The molecule has 1 fully saturated rings. The first-order valence-corrected chi connectivity index (χ1v) is 10.7. The van der Waals surface area contributed by atoms with Gasteiger partial charge in [-0.2, -0.15) is 26.3 Å². The van der Waals surface area contributed by atoms with Gasteiger partial charge in [-0.1, -0.05) is 12.6 Å². The highest BCUT2D eigenvalue weighted by Crippen LogP contribution is 2.38. The Labute approximate surface area is 196 Å². The summed E-state index contributed by atoms with van der Waals surface area (Å²) < 4.78 is 80.6. The summed E-state index contributed by atoms with van der Waals surface area (Å²) in [6.45, 7) is 3.55. The smallest absolute Gasteiger partial charge is 0.368 e. The molecule has 1 aromatic heterocycles. The summed E-state index contributed by atoms with van der Waals surface area (Å²) in [4.78, 5) is 28.2. The molecule has 2 amide bonds. The van der Waals surface area contributed by atoms with Gasteiger partial charge >= 0.3 is 12.4 Å². The molecule has 1 aliphatic rings. The molecule has 190 valence electrons. The van der Waals surface area contributed by atoms with Crippen LogP contribution in [0.4, 0.5) is 26.3 Å². The minimum absolute atomic E-state index is 0.0137. The molecule has 0 unspecified atom stereocenters. The number of halogens is 6. The van der Waals surface area contributed by atoms with E-state index in [2.05, 4.69) is 22.2 Å². The van der Waals surface area contributed by atoms with Crippen molar-refractivity contribution in [2.75, 3.05) is 13.2 Å².